The van der Waals surface area contributed by atoms with Gasteiger partial charge in [-0.15, -0.1) is 0 Å². The van der Waals surface area contributed by atoms with Crippen LogP contribution in [0, 0.1) is 11.8 Å². The Hall–Kier alpha value is -3.90. The van der Waals surface area contributed by atoms with Crippen LogP contribution in [0.1, 0.15) is 73.8 Å². The molecule has 12 nitrogen and oxygen atoms in total. The first-order chi connectivity index (χ1) is 20.4. The Morgan fingerprint density at radius 3 is 2.28 bits per heavy atom. The number of quaternary nitrogens is 1. The molecule has 0 bridgehead atoms. The Labute approximate surface area is 254 Å². The zero-order chi connectivity index (χ0) is 32.0. The monoisotopic (exact) mass is 602 g/mol. The van der Waals surface area contributed by atoms with Crippen LogP contribution in [0.4, 0.5) is 0 Å². The van der Waals surface area contributed by atoms with Crippen molar-refractivity contribution in [2.75, 3.05) is 47.5 Å². The van der Waals surface area contributed by atoms with Crippen LogP contribution < -0.4 is 26.2 Å². The zero-order valence-corrected chi connectivity index (χ0v) is 26.2. The maximum Gasteiger partial charge on any atom is 0.288 e. The van der Waals surface area contributed by atoms with Crippen LogP contribution in [0.15, 0.2) is 34.7 Å². The van der Waals surface area contributed by atoms with Gasteiger partial charge in [0.15, 0.2) is 5.76 Å². The molecule has 1 aromatic carbocycles. The van der Waals surface area contributed by atoms with E-state index in [1.165, 1.54) is 6.07 Å². The predicted octanol–water partition coefficient (Wildman–Crippen LogP) is 3.31. The van der Waals surface area contributed by atoms with Crippen LogP contribution in [0.3, 0.4) is 0 Å². The lowest BCUT2D eigenvalue weighted by Gasteiger charge is -2.24. The molecule has 0 aliphatic carbocycles. The number of hydrogen-bond acceptors (Lipinski definition) is 7. The van der Waals surface area contributed by atoms with Crippen molar-refractivity contribution in [3.63, 3.8) is 0 Å². The normalized spacial score (nSPS) is 12.6. The lowest BCUT2D eigenvalue weighted by molar-refractivity contribution is -0.869. The molecular weight excluding hydrogens is 554 g/mol. The van der Waals surface area contributed by atoms with Crippen molar-refractivity contribution in [1.82, 2.24) is 21.4 Å². The number of benzene rings is 1. The first kappa shape index (κ1) is 35.3. The zero-order valence-electron chi connectivity index (χ0n) is 26.2. The molecule has 2 atom stereocenters. The maximum atomic E-state index is 13.0. The third-order valence-corrected chi connectivity index (χ3v) is 7.00. The molecule has 43 heavy (non-hydrogen) atoms. The number of carbonyl (C=O) groups excluding carboxylic acids is 4. The topological polar surface area (TPSA) is 159 Å². The number of rotatable bonds is 18. The molecule has 0 saturated heterocycles. The van der Waals surface area contributed by atoms with Gasteiger partial charge < -0.3 is 29.6 Å². The first-order valence-corrected chi connectivity index (χ1v) is 14.9. The highest BCUT2D eigenvalue weighted by atomic mass is 16.5. The molecular formula is C31H48N5O7+. The second-order valence-corrected chi connectivity index (χ2v) is 11.4. The van der Waals surface area contributed by atoms with Gasteiger partial charge in [0, 0.05) is 17.0 Å². The minimum absolute atomic E-state index is 0.0191. The van der Waals surface area contributed by atoms with E-state index >= 15 is 0 Å². The highest BCUT2D eigenvalue weighted by Gasteiger charge is 2.32. The number of hydrogen-bond donors (Lipinski definition) is 5. The van der Waals surface area contributed by atoms with E-state index in [4.69, 9.17) is 14.4 Å². The van der Waals surface area contributed by atoms with E-state index in [0.717, 1.165) is 25.8 Å². The summed E-state index contributed by atoms with van der Waals surface area (Å²) in [6.45, 7) is 7.17. The average Bonchev–Trinajstić information content (AvgIpc) is 3.46. The van der Waals surface area contributed by atoms with Crippen LogP contribution in [0.2, 0.25) is 0 Å². The number of nitrogens with one attached hydrogen (secondary N) is 4. The Morgan fingerprint density at radius 2 is 1.65 bits per heavy atom. The fraction of sp³-hybridized carbons (Fsp3) is 0.548. The third kappa shape index (κ3) is 11.4. The van der Waals surface area contributed by atoms with Gasteiger partial charge in [-0.25, -0.2) is 5.48 Å². The molecule has 0 aliphatic heterocycles. The van der Waals surface area contributed by atoms with Crippen LogP contribution in [0.25, 0.3) is 11.3 Å². The molecule has 12 heteroatoms. The summed E-state index contributed by atoms with van der Waals surface area (Å²) in [5.41, 5.74) is 2.63. The van der Waals surface area contributed by atoms with Crippen LogP contribution in [0.5, 0.6) is 5.75 Å². The van der Waals surface area contributed by atoms with Gasteiger partial charge in [0.25, 0.3) is 11.8 Å². The predicted molar refractivity (Wildman–Crippen MR) is 162 cm³/mol. The van der Waals surface area contributed by atoms with E-state index in [1.54, 1.807) is 36.7 Å². The van der Waals surface area contributed by atoms with Crippen molar-refractivity contribution in [2.24, 2.45) is 11.8 Å². The quantitative estimate of drug-likeness (QED) is 0.0576. The fourth-order valence-corrected chi connectivity index (χ4v) is 4.64. The Balaban J connectivity index is 2.09. The van der Waals surface area contributed by atoms with E-state index in [1.807, 2.05) is 35.0 Å². The maximum absolute atomic E-state index is 13.0. The van der Waals surface area contributed by atoms with Crippen molar-refractivity contribution in [3.05, 3.63) is 41.7 Å². The molecule has 0 saturated carbocycles. The number of amides is 4. The largest absolute Gasteiger partial charge is 0.494 e. The SMILES string of the molecule is CCCCC[C@@H](C(=O)NCNC(=O)c1ccc(-c2cc(OCC)cc(C(=O)NCC[N+](C)(C)C)c2)o1)[C@@H](CC)C(=O)NO. The molecule has 2 rings (SSSR count). The number of carbonyl (C=O) groups is 4. The standard InChI is InChI=1S/C31H47N5O7/c1-7-10-11-12-25(24(8-2)30(39)35-41)29(38)33-20-34-31(40)27-14-13-26(43-27)21-17-22(19-23(18-21)42-9-3)28(37)32-15-16-36(4,5)6/h13-14,17-19,24-25H,7-12,15-16,20H2,1-6H3,(H4-,32,33,34,35,37,38,39,40,41)/p+1/t24-,25-/m1/s1. The molecule has 0 fully saturated rings. The van der Waals surface area contributed by atoms with Crippen molar-refractivity contribution >= 4 is 23.6 Å². The van der Waals surface area contributed by atoms with Gasteiger partial charge in [-0.1, -0.05) is 33.1 Å². The summed E-state index contributed by atoms with van der Waals surface area (Å²) in [6, 6.07) is 8.21. The summed E-state index contributed by atoms with van der Waals surface area (Å²) in [7, 11) is 6.14. The van der Waals surface area contributed by atoms with E-state index in [9.17, 15) is 19.2 Å². The molecule has 0 radical (unpaired) electrons. The van der Waals surface area contributed by atoms with Crippen molar-refractivity contribution in [3.8, 4) is 17.1 Å². The van der Waals surface area contributed by atoms with Gasteiger partial charge in [-0.05, 0) is 50.1 Å². The lowest BCUT2D eigenvalue weighted by Crippen LogP contribution is -2.44. The number of furan rings is 1. The number of ether oxygens (including phenoxy) is 1. The van der Waals surface area contributed by atoms with Crippen LogP contribution in [-0.4, -0.2) is 80.8 Å². The lowest BCUT2D eigenvalue weighted by atomic mass is 9.84. The van der Waals surface area contributed by atoms with E-state index in [2.05, 4.69) is 16.0 Å². The van der Waals surface area contributed by atoms with Crippen LogP contribution >= 0.6 is 0 Å². The molecule has 0 aliphatic rings. The molecule has 4 amide bonds. The number of likely N-dealkylation sites (N-methyl/N-ethyl adjacent to an activating group) is 1. The average molecular weight is 603 g/mol. The smallest absolute Gasteiger partial charge is 0.288 e. The number of unbranched alkanes of at least 4 members (excludes halogenated alkanes) is 2. The van der Waals surface area contributed by atoms with Crippen molar-refractivity contribution < 1.29 is 38.0 Å². The second-order valence-electron chi connectivity index (χ2n) is 11.4. The number of nitrogens with zero attached hydrogens (tertiary/aromatic N) is 1. The highest BCUT2D eigenvalue weighted by Crippen LogP contribution is 2.28. The molecule has 238 valence electrons. The summed E-state index contributed by atoms with van der Waals surface area (Å²) in [5.74, 6) is -2.24. The van der Waals surface area contributed by atoms with Gasteiger partial charge in [0.05, 0.1) is 53.4 Å². The third-order valence-electron chi connectivity index (χ3n) is 7.00. The van der Waals surface area contributed by atoms with Gasteiger partial charge >= 0.3 is 0 Å². The van der Waals surface area contributed by atoms with Crippen LogP contribution in [-0.2, 0) is 9.59 Å². The van der Waals surface area contributed by atoms with Crippen molar-refractivity contribution in [2.45, 2.75) is 52.9 Å². The Bertz CT molecular complexity index is 1220. The molecule has 5 N–H and O–H groups in total. The molecule has 2 aromatic rings. The first-order valence-electron chi connectivity index (χ1n) is 14.9. The minimum atomic E-state index is -0.692. The molecule has 1 heterocycles. The summed E-state index contributed by atoms with van der Waals surface area (Å²) >= 11 is 0. The molecule has 0 unspecified atom stereocenters. The highest BCUT2D eigenvalue weighted by molar-refractivity contribution is 5.96. The summed E-state index contributed by atoms with van der Waals surface area (Å²) in [6.07, 6.45) is 3.49. The Kier molecular flexibility index (Phi) is 14.2. The van der Waals surface area contributed by atoms with E-state index in [0.29, 0.717) is 53.1 Å². The van der Waals surface area contributed by atoms with Gasteiger partial charge in [0.1, 0.15) is 11.5 Å². The Morgan fingerprint density at radius 1 is 0.907 bits per heavy atom. The summed E-state index contributed by atoms with van der Waals surface area (Å²) < 4.78 is 12.2. The summed E-state index contributed by atoms with van der Waals surface area (Å²) in [4.78, 5) is 50.8. The molecule has 1 aromatic heterocycles. The second kappa shape index (κ2) is 17.3. The minimum Gasteiger partial charge on any atom is -0.494 e. The van der Waals surface area contributed by atoms with E-state index in [-0.39, 0.29) is 24.2 Å². The van der Waals surface area contributed by atoms with Gasteiger partial charge in [-0.2, -0.15) is 0 Å². The van der Waals surface area contributed by atoms with Gasteiger partial charge in [-0.3, -0.25) is 24.4 Å². The van der Waals surface area contributed by atoms with E-state index < -0.39 is 23.7 Å². The number of hydroxylamine groups is 1. The van der Waals surface area contributed by atoms with Crippen molar-refractivity contribution in [1.29, 1.82) is 0 Å². The fourth-order valence-electron chi connectivity index (χ4n) is 4.64. The summed E-state index contributed by atoms with van der Waals surface area (Å²) in [5, 5.41) is 17.3. The van der Waals surface area contributed by atoms with Gasteiger partial charge in [0.2, 0.25) is 11.8 Å². The molecule has 0 spiro atoms.